The van der Waals surface area contributed by atoms with E-state index in [0.29, 0.717) is 18.1 Å². The Bertz CT molecular complexity index is 1270. The van der Waals surface area contributed by atoms with Crippen molar-refractivity contribution in [3.05, 3.63) is 95.1 Å². The van der Waals surface area contributed by atoms with Gasteiger partial charge >= 0.3 is 5.97 Å². The Morgan fingerprint density at radius 3 is 2.18 bits per heavy atom. The highest BCUT2D eigenvalue weighted by Gasteiger charge is 2.44. The number of nitrogens with zero attached hydrogens (tertiary/aromatic N) is 1. The number of hydrogen-bond acceptors (Lipinski definition) is 5. The van der Waals surface area contributed by atoms with Crippen molar-refractivity contribution in [3.8, 4) is 5.75 Å². The SMILES string of the molecule is CCOC(=O)c1ccc(OC2C[C@H]3CC[C@@H](C2)N3C(=O)c2ccc(CSc3ccccc3C(C)C)cc2)cc1. The zero-order chi connectivity index (χ0) is 27.4. The molecule has 204 valence electrons. The van der Waals surface area contributed by atoms with E-state index in [1.54, 1.807) is 19.1 Å². The molecule has 2 bridgehead atoms. The molecule has 39 heavy (non-hydrogen) atoms. The molecule has 0 N–H and O–H groups in total. The van der Waals surface area contributed by atoms with Crippen LogP contribution in [0, 0.1) is 0 Å². The topological polar surface area (TPSA) is 55.8 Å². The number of piperidine rings is 1. The van der Waals surface area contributed by atoms with E-state index in [2.05, 4.69) is 55.1 Å². The summed E-state index contributed by atoms with van der Waals surface area (Å²) in [6, 6.07) is 24.3. The molecule has 0 aromatic heterocycles. The Morgan fingerprint density at radius 2 is 1.54 bits per heavy atom. The number of esters is 1. The van der Waals surface area contributed by atoms with Crippen LogP contribution in [-0.2, 0) is 10.5 Å². The van der Waals surface area contributed by atoms with Gasteiger partial charge in [-0.05, 0) is 79.3 Å². The largest absolute Gasteiger partial charge is 0.490 e. The average Bonchev–Trinajstić information content (AvgIpc) is 3.22. The second-order valence-corrected chi connectivity index (χ2v) is 11.7. The van der Waals surface area contributed by atoms with E-state index in [4.69, 9.17) is 9.47 Å². The number of amides is 1. The smallest absolute Gasteiger partial charge is 0.338 e. The molecule has 2 saturated heterocycles. The van der Waals surface area contributed by atoms with Crippen molar-refractivity contribution in [2.24, 2.45) is 0 Å². The standard InChI is InChI=1S/C33H37NO4S/c1-4-37-33(36)25-13-17-28(18-14-25)38-29-19-26-15-16-27(20-29)34(26)32(35)24-11-9-23(10-12-24)21-39-31-8-6-5-7-30(31)22(2)3/h5-14,17-18,22,26-27,29H,4,15-16,19-21H2,1-3H3/t26-,27+,29?. The number of thioether (sulfide) groups is 1. The summed E-state index contributed by atoms with van der Waals surface area (Å²) in [5.41, 5.74) is 3.89. The maximum absolute atomic E-state index is 13.5. The summed E-state index contributed by atoms with van der Waals surface area (Å²) in [6.07, 6.45) is 3.75. The third kappa shape index (κ3) is 6.33. The lowest BCUT2D eigenvalue weighted by Gasteiger charge is -2.39. The van der Waals surface area contributed by atoms with Gasteiger partial charge in [-0.1, -0.05) is 44.2 Å². The summed E-state index contributed by atoms with van der Waals surface area (Å²) in [4.78, 5) is 28.9. The fourth-order valence-corrected chi connectivity index (χ4v) is 6.93. The molecule has 2 heterocycles. The van der Waals surface area contributed by atoms with Crippen LogP contribution < -0.4 is 4.74 Å². The van der Waals surface area contributed by atoms with Crippen molar-refractivity contribution in [1.82, 2.24) is 4.90 Å². The Kier molecular flexibility index (Phi) is 8.61. The minimum absolute atomic E-state index is 0.0631. The fraction of sp³-hybridized carbons (Fsp3) is 0.394. The van der Waals surface area contributed by atoms with Crippen LogP contribution in [-0.4, -0.2) is 41.6 Å². The van der Waals surface area contributed by atoms with E-state index in [0.717, 1.165) is 42.7 Å². The van der Waals surface area contributed by atoms with E-state index in [-0.39, 0.29) is 30.1 Å². The number of carbonyl (C=O) groups excluding carboxylic acids is 2. The van der Waals surface area contributed by atoms with Gasteiger partial charge in [0, 0.05) is 41.1 Å². The second kappa shape index (κ2) is 12.3. The molecule has 3 aromatic rings. The first-order valence-corrected chi connectivity index (χ1v) is 15.0. The zero-order valence-corrected chi connectivity index (χ0v) is 23.8. The van der Waals surface area contributed by atoms with Crippen molar-refractivity contribution >= 4 is 23.6 Å². The highest BCUT2D eigenvalue weighted by molar-refractivity contribution is 7.98. The maximum Gasteiger partial charge on any atom is 0.338 e. The van der Waals surface area contributed by atoms with E-state index >= 15 is 0 Å². The minimum atomic E-state index is -0.322. The van der Waals surface area contributed by atoms with E-state index < -0.39 is 0 Å². The van der Waals surface area contributed by atoms with Gasteiger partial charge in [-0.25, -0.2) is 4.79 Å². The lowest BCUT2D eigenvalue weighted by atomic mass is 9.98. The third-order valence-electron chi connectivity index (χ3n) is 7.73. The number of fused-ring (bicyclic) bond motifs is 2. The van der Waals surface area contributed by atoms with Crippen LogP contribution in [0.1, 0.15) is 84.2 Å². The zero-order valence-electron chi connectivity index (χ0n) is 23.0. The maximum atomic E-state index is 13.5. The molecule has 0 aliphatic carbocycles. The van der Waals surface area contributed by atoms with Gasteiger partial charge in [0.05, 0.1) is 12.2 Å². The number of benzene rings is 3. The molecule has 3 aromatic carbocycles. The van der Waals surface area contributed by atoms with Gasteiger partial charge in [-0.15, -0.1) is 11.8 Å². The quantitative estimate of drug-likeness (QED) is 0.207. The van der Waals surface area contributed by atoms with Crippen LogP contribution in [0.2, 0.25) is 0 Å². The van der Waals surface area contributed by atoms with Crippen molar-refractivity contribution in [1.29, 1.82) is 0 Å². The highest BCUT2D eigenvalue weighted by Crippen LogP contribution is 2.38. The number of rotatable bonds is 9. The molecule has 0 spiro atoms. The summed E-state index contributed by atoms with van der Waals surface area (Å²) in [5.74, 6) is 1.93. The lowest BCUT2D eigenvalue weighted by molar-refractivity contribution is 0.0359. The lowest BCUT2D eigenvalue weighted by Crippen LogP contribution is -2.49. The van der Waals surface area contributed by atoms with Gasteiger partial charge in [-0.3, -0.25) is 4.79 Å². The summed E-state index contributed by atoms with van der Waals surface area (Å²) in [6.45, 7) is 6.61. The van der Waals surface area contributed by atoms with Crippen LogP contribution in [0.15, 0.2) is 77.7 Å². The van der Waals surface area contributed by atoms with Crippen LogP contribution in [0.3, 0.4) is 0 Å². The van der Waals surface area contributed by atoms with Crippen LogP contribution >= 0.6 is 11.8 Å². The predicted molar refractivity (Wildman–Crippen MR) is 156 cm³/mol. The summed E-state index contributed by atoms with van der Waals surface area (Å²) < 4.78 is 11.3. The third-order valence-corrected chi connectivity index (χ3v) is 8.89. The van der Waals surface area contributed by atoms with E-state index in [1.165, 1.54) is 16.0 Å². The van der Waals surface area contributed by atoms with Crippen molar-refractivity contribution in [3.63, 3.8) is 0 Å². The summed E-state index contributed by atoms with van der Waals surface area (Å²) in [7, 11) is 0. The molecule has 3 atom stereocenters. The van der Waals surface area contributed by atoms with Gasteiger partial charge in [0.15, 0.2) is 0 Å². The Labute approximate surface area is 235 Å². The van der Waals surface area contributed by atoms with Gasteiger partial charge in [-0.2, -0.15) is 0 Å². The normalized spacial score (nSPS) is 20.2. The van der Waals surface area contributed by atoms with E-state index in [9.17, 15) is 9.59 Å². The molecular weight excluding hydrogens is 506 g/mol. The second-order valence-electron chi connectivity index (χ2n) is 10.7. The Morgan fingerprint density at radius 1 is 0.897 bits per heavy atom. The first kappa shape index (κ1) is 27.3. The van der Waals surface area contributed by atoms with Gasteiger partial charge in [0.1, 0.15) is 11.9 Å². The average molecular weight is 544 g/mol. The van der Waals surface area contributed by atoms with E-state index in [1.807, 2.05) is 36.0 Å². The Hall–Kier alpha value is -3.25. The van der Waals surface area contributed by atoms with Crippen molar-refractivity contribution in [2.75, 3.05) is 6.61 Å². The Balaban J connectivity index is 1.17. The number of carbonyl (C=O) groups is 2. The van der Waals surface area contributed by atoms with Crippen molar-refractivity contribution < 1.29 is 19.1 Å². The number of hydrogen-bond donors (Lipinski definition) is 0. The van der Waals surface area contributed by atoms with Crippen LogP contribution in [0.4, 0.5) is 0 Å². The van der Waals surface area contributed by atoms with Crippen LogP contribution in [0.25, 0.3) is 0 Å². The minimum Gasteiger partial charge on any atom is -0.490 e. The molecule has 1 amide bonds. The molecular formula is C33H37NO4S. The molecule has 2 aliphatic rings. The molecule has 0 saturated carbocycles. The summed E-state index contributed by atoms with van der Waals surface area (Å²) in [5, 5.41) is 0. The van der Waals surface area contributed by atoms with Gasteiger partial charge in [0.2, 0.25) is 0 Å². The highest BCUT2D eigenvalue weighted by atomic mass is 32.2. The monoisotopic (exact) mass is 543 g/mol. The molecule has 1 unspecified atom stereocenters. The molecule has 2 aliphatic heterocycles. The predicted octanol–water partition coefficient (Wildman–Crippen LogP) is 7.49. The molecule has 2 fully saturated rings. The molecule has 5 nitrogen and oxygen atoms in total. The first-order chi connectivity index (χ1) is 18.9. The number of ether oxygens (including phenoxy) is 2. The molecule has 5 rings (SSSR count). The van der Waals surface area contributed by atoms with Gasteiger partial charge in [0.25, 0.3) is 5.91 Å². The molecule has 0 radical (unpaired) electrons. The van der Waals surface area contributed by atoms with Crippen molar-refractivity contribution in [2.45, 2.75) is 81.2 Å². The fourth-order valence-electron chi connectivity index (χ4n) is 5.77. The van der Waals surface area contributed by atoms with Gasteiger partial charge < -0.3 is 14.4 Å². The summed E-state index contributed by atoms with van der Waals surface area (Å²) >= 11 is 1.85. The molecule has 6 heteroatoms. The van der Waals surface area contributed by atoms with Crippen LogP contribution in [0.5, 0.6) is 5.75 Å². The first-order valence-electron chi connectivity index (χ1n) is 14.0.